The topological polar surface area (TPSA) is 70.7 Å². The molecule has 152 valence electrons. The molecule has 8 heteroatoms. The number of rotatable bonds is 6. The number of hydrogen-bond acceptors (Lipinski definition) is 4. The van der Waals surface area contributed by atoms with Gasteiger partial charge in [0.05, 0.1) is 5.56 Å². The van der Waals surface area contributed by atoms with Crippen LogP contribution in [0.3, 0.4) is 0 Å². The molecule has 0 aliphatic carbocycles. The molecule has 0 aliphatic rings. The van der Waals surface area contributed by atoms with Crippen molar-refractivity contribution in [2.24, 2.45) is 0 Å². The van der Waals surface area contributed by atoms with E-state index < -0.39 is 11.7 Å². The maximum Gasteiger partial charge on any atom is 0.416 e. The second-order valence-corrected chi connectivity index (χ2v) is 6.77. The molecule has 2 N–H and O–H groups in total. The quantitative estimate of drug-likeness (QED) is 0.631. The lowest BCUT2D eigenvalue weighted by atomic mass is 9.99. The molecule has 1 unspecified atom stereocenters. The largest absolute Gasteiger partial charge is 0.416 e. The number of alkyl halides is 3. The van der Waals surface area contributed by atoms with Crippen LogP contribution in [0.4, 0.5) is 19.0 Å². The molecule has 0 spiro atoms. The molecule has 0 saturated heterocycles. The van der Waals surface area contributed by atoms with Crippen molar-refractivity contribution in [3.8, 4) is 11.4 Å². The third-order valence-electron chi connectivity index (χ3n) is 4.59. The SMILES string of the molecule is CCc1cc(=O)[nH]c(-c2ccc(NCC(C)c3ccc(C(F)(F)F)cc3)nc2)n1. The number of nitrogens with zero attached hydrogens (tertiary/aromatic N) is 2. The van der Waals surface area contributed by atoms with Crippen molar-refractivity contribution in [1.82, 2.24) is 15.0 Å². The summed E-state index contributed by atoms with van der Waals surface area (Å²) in [5.74, 6) is 1.09. The van der Waals surface area contributed by atoms with Crippen molar-refractivity contribution in [2.75, 3.05) is 11.9 Å². The van der Waals surface area contributed by atoms with Crippen LogP contribution >= 0.6 is 0 Å². The highest BCUT2D eigenvalue weighted by molar-refractivity contribution is 5.55. The fourth-order valence-electron chi connectivity index (χ4n) is 2.84. The van der Waals surface area contributed by atoms with E-state index in [1.807, 2.05) is 13.8 Å². The van der Waals surface area contributed by atoms with Gasteiger partial charge < -0.3 is 10.3 Å². The maximum atomic E-state index is 12.7. The average molecular weight is 402 g/mol. The lowest BCUT2D eigenvalue weighted by molar-refractivity contribution is -0.137. The fourth-order valence-corrected chi connectivity index (χ4v) is 2.84. The molecule has 5 nitrogen and oxygen atoms in total. The van der Waals surface area contributed by atoms with Gasteiger partial charge in [-0.15, -0.1) is 0 Å². The van der Waals surface area contributed by atoms with Crippen LogP contribution in [-0.4, -0.2) is 21.5 Å². The van der Waals surface area contributed by atoms with Gasteiger partial charge in [-0.25, -0.2) is 9.97 Å². The molecule has 0 radical (unpaired) electrons. The number of H-pyrrole nitrogens is 1. The van der Waals surface area contributed by atoms with Crippen LogP contribution in [0.2, 0.25) is 0 Å². The Morgan fingerprint density at radius 2 is 1.86 bits per heavy atom. The minimum atomic E-state index is -4.33. The van der Waals surface area contributed by atoms with Crippen LogP contribution in [-0.2, 0) is 12.6 Å². The summed E-state index contributed by atoms with van der Waals surface area (Å²) in [6, 6.07) is 10.2. The summed E-state index contributed by atoms with van der Waals surface area (Å²) in [5.41, 5.74) is 1.34. The van der Waals surface area contributed by atoms with Crippen LogP contribution in [0, 0.1) is 0 Å². The number of aromatic amines is 1. The van der Waals surface area contributed by atoms with Gasteiger partial charge in [0.2, 0.25) is 0 Å². The molecular formula is C21H21F3N4O. The minimum absolute atomic E-state index is 0.00184. The van der Waals surface area contributed by atoms with E-state index in [9.17, 15) is 18.0 Å². The molecule has 1 aromatic carbocycles. The van der Waals surface area contributed by atoms with Gasteiger partial charge in [-0.3, -0.25) is 4.79 Å². The Kier molecular flexibility index (Phi) is 6.00. The molecule has 1 atom stereocenters. The predicted molar refractivity (Wildman–Crippen MR) is 106 cm³/mol. The number of hydrogen-bond donors (Lipinski definition) is 2. The number of anilines is 1. The van der Waals surface area contributed by atoms with Gasteiger partial charge in [0, 0.05) is 30.1 Å². The highest BCUT2D eigenvalue weighted by Crippen LogP contribution is 2.30. The standard InChI is InChI=1S/C21H21F3N4O/c1-3-17-10-19(29)28-20(27-17)15-6-9-18(26-12-15)25-11-13(2)14-4-7-16(8-5-14)21(22,23)24/h4-10,12-13H,3,11H2,1-2H3,(H,25,26)(H,27,28,29). The van der Waals surface area contributed by atoms with E-state index in [2.05, 4.69) is 20.3 Å². The van der Waals surface area contributed by atoms with Crippen molar-refractivity contribution in [2.45, 2.75) is 32.4 Å². The Hall–Kier alpha value is -3.16. The molecule has 2 heterocycles. The lowest BCUT2D eigenvalue weighted by Crippen LogP contribution is -2.12. The summed E-state index contributed by atoms with van der Waals surface area (Å²) >= 11 is 0. The van der Waals surface area contributed by atoms with E-state index in [1.165, 1.54) is 18.2 Å². The van der Waals surface area contributed by atoms with Gasteiger partial charge in [-0.1, -0.05) is 26.0 Å². The molecule has 0 aliphatic heterocycles. The summed E-state index contributed by atoms with van der Waals surface area (Å²) in [4.78, 5) is 23.1. The number of aromatic nitrogens is 3. The van der Waals surface area contributed by atoms with Gasteiger partial charge in [0.1, 0.15) is 11.6 Å². The maximum absolute atomic E-state index is 12.7. The zero-order valence-corrected chi connectivity index (χ0v) is 16.0. The second kappa shape index (κ2) is 8.46. The van der Waals surface area contributed by atoms with E-state index in [1.54, 1.807) is 18.3 Å². The van der Waals surface area contributed by atoms with E-state index in [0.717, 1.165) is 17.7 Å². The predicted octanol–water partition coefficient (Wildman–Crippen LogP) is 4.63. The summed E-state index contributed by atoms with van der Waals surface area (Å²) in [6.45, 7) is 4.36. The summed E-state index contributed by atoms with van der Waals surface area (Å²) in [6.07, 6.45) is -2.06. The van der Waals surface area contributed by atoms with Crippen LogP contribution < -0.4 is 10.9 Å². The zero-order valence-electron chi connectivity index (χ0n) is 16.0. The van der Waals surface area contributed by atoms with E-state index >= 15 is 0 Å². The van der Waals surface area contributed by atoms with Crippen molar-refractivity contribution in [3.63, 3.8) is 0 Å². The number of pyridine rings is 1. The fraction of sp³-hybridized carbons (Fsp3) is 0.286. The second-order valence-electron chi connectivity index (χ2n) is 6.77. The van der Waals surface area contributed by atoms with Gasteiger partial charge >= 0.3 is 6.18 Å². The molecule has 3 rings (SSSR count). The first-order chi connectivity index (χ1) is 13.8. The number of benzene rings is 1. The first kappa shape index (κ1) is 20.6. The van der Waals surface area contributed by atoms with Gasteiger partial charge in [0.15, 0.2) is 0 Å². The summed E-state index contributed by atoms with van der Waals surface area (Å²) in [5, 5.41) is 3.17. The van der Waals surface area contributed by atoms with Gasteiger partial charge in [-0.2, -0.15) is 13.2 Å². The van der Waals surface area contributed by atoms with Crippen LogP contribution in [0.5, 0.6) is 0 Å². The van der Waals surface area contributed by atoms with Crippen molar-refractivity contribution in [1.29, 1.82) is 0 Å². The normalized spacial score (nSPS) is 12.6. The highest BCUT2D eigenvalue weighted by Gasteiger charge is 2.30. The smallest absolute Gasteiger partial charge is 0.369 e. The van der Waals surface area contributed by atoms with Gasteiger partial charge in [-0.05, 0) is 42.2 Å². The summed E-state index contributed by atoms with van der Waals surface area (Å²) < 4.78 is 38.0. The molecule has 0 fully saturated rings. The molecule has 2 aromatic heterocycles. The van der Waals surface area contributed by atoms with E-state index in [4.69, 9.17) is 0 Å². The third-order valence-corrected chi connectivity index (χ3v) is 4.59. The molecule has 0 bridgehead atoms. The Morgan fingerprint density at radius 1 is 1.14 bits per heavy atom. The first-order valence-corrected chi connectivity index (χ1v) is 9.24. The first-order valence-electron chi connectivity index (χ1n) is 9.24. The summed E-state index contributed by atoms with van der Waals surface area (Å²) in [7, 11) is 0. The molecule has 29 heavy (non-hydrogen) atoms. The Labute approximate surface area is 166 Å². The van der Waals surface area contributed by atoms with Crippen LogP contribution in [0.15, 0.2) is 53.5 Å². The average Bonchev–Trinajstić information content (AvgIpc) is 2.71. The number of nitrogens with one attached hydrogen (secondary N) is 2. The third kappa shape index (κ3) is 5.22. The Balaban J connectivity index is 1.64. The van der Waals surface area contributed by atoms with E-state index in [0.29, 0.717) is 35.9 Å². The zero-order chi connectivity index (χ0) is 21.0. The van der Waals surface area contributed by atoms with Gasteiger partial charge in [0.25, 0.3) is 5.56 Å². The highest BCUT2D eigenvalue weighted by atomic mass is 19.4. The van der Waals surface area contributed by atoms with Crippen LogP contribution in [0.25, 0.3) is 11.4 Å². The van der Waals surface area contributed by atoms with Crippen molar-refractivity contribution in [3.05, 3.63) is 75.8 Å². The molecule has 0 amide bonds. The Morgan fingerprint density at radius 3 is 2.45 bits per heavy atom. The number of aryl methyl sites for hydroxylation is 1. The van der Waals surface area contributed by atoms with Crippen LogP contribution in [0.1, 0.15) is 36.6 Å². The van der Waals surface area contributed by atoms with E-state index in [-0.39, 0.29) is 11.5 Å². The monoisotopic (exact) mass is 402 g/mol. The number of halogens is 3. The van der Waals surface area contributed by atoms with Crippen molar-refractivity contribution >= 4 is 5.82 Å². The Bertz CT molecular complexity index is 1010. The minimum Gasteiger partial charge on any atom is -0.369 e. The lowest BCUT2D eigenvalue weighted by Gasteiger charge is -2.15. The van der Waals surface area contributed by atoms with Crippen molar-refractivity contribution < 1.29 is 13.2 Å². The molecule has 0 saturated carbocycles. The molecule has 3 aromatic rings. The molecular weight excluding hydrogens is 381 g/mol.